The van der Waals surface area contributed by atoms with Crippen LogP contribution in [0.4, 0.5) is 0 Å². The van der Waals surface area contributed by atoms with E-state index in [2.05, 4.69) is 35.1 Å². The van der Waals surface area contributed by atoms with Crippen LogP contribution >= 0.6 is 15.9 Å². The van der Waals surface area contributed by atoms with Gasteiger partial charge in [-0.1, -0.05) is 15.9 Å². The molecule has 0 aromatic rings. The summed E-state index contributed by atoms with van der Waals surface area (Å²) in [5, 5.41) is 3.01. The Bertz CT molecular complexity index is 216. The van der Waals surface area contributed by atoms with Crippen LogP contribution in [0.15, 0.2) is 0 Å². The van der Waals surface area contributed by atoms with E-state index in [0.29, 0.717) is 0 Å². The average molecular weight is 264 g/mol. The first-order valence-electron chi connectivity index (χ1n) is 4.99. The highest BCUT2D eigenvalue weighted by molar-refractivity contribution is 9.10. The SMILES string of the molecule is CC(Br)C(=O)NC1CCOC(C)(C)C1. The van der Waals surface area contributed by atoms with E-state index in [1.165, 1.54) is 0 Å². The predicted molar refractivity (Wildman–Crippen MR) is 59.6 cm³/mol. The molecule has 1 fully saturated rings. The van der Waals surface area contributed by atoms with Gasteiger partial charge < -0.3 is 10.1 Å². The van der Waals surface area contributed by atoms with Crippen molar-refractivity contribution in [2.45, 2.75) is 50.1 Å². The normalized spacial score (nSPS) is 28.1. The van der Waals surface area contributed by atoms with E-state index >= 15 is 0 Å². The van der Waals surface area contributed by atoms with Crippen molar-refractivity contribution < 1.29 is 9.53 Å². The Hall–Kier alpha value is -0.0900. The van der Waals surface area contributed by atoms with Crippen LogP contribution in [0.5, 0.6) is 0 Å². The van der Waals surface area contributed by atoms with Crippen LogP contribution in [0, 0.1) is 0 Å². The number of hydrogen-bond acceptors (Lipinski definition) is 2. The van der Waals surface area contributed by atoms with Gasteiger partial charge in [0.25, 0.3) is 0 Å². The van der Waals surface area contributed by atoms with Gasteiger partial charge in [-0.05, 0) is 33.6 Å². The number of carbonyl (C=O) groups is 1. The summed E-state index contributed by atoms with van der Waals surface area (Å²) >= 11 is 3.25. The van der Waals surface area contributed by atoms with Crippen LogP contribution in [-0.2, 0) is 9.53 Å². The Balaban J connectivity index is 2.42. The summed E-state index contributed by atoms with van der Waals surface area (Å²) < 4.78 is 5.57. The van der Waals surface area contributed by atoms with Crippen molar-refractivity contribution in [1.29, 1.82) is 0 Å². The maximum atomic E-state index is 11.4. The molecule has 1 amide bonds. The van der Waals surface area contributed by atoms with Gasteiger partial charge in [0.1, 0.15) is 0 Å². The fourth-order valence-electron chi connectivity index (χ4n) is 1.67. The van der Waals surface area contributed by atoms with Gasteiger partial charge in [-0.2, -0.15) is 0 Å². The Morgan fingerprint density at radius 1 is 1.64 bits per heavy atom. The fraction of sp³-hybridized carbons (Fsp3) is 0.900. The first-order valence-corrected chi connectivity index (χ1v) is 5.91. The summed E-state index contributed by atoms with van der Waals surface area (Å²) in [7, 11) is 0. The Labute approximate surface area is 93.7 Å². The first kappa shape index (κ1) is 12.0. The van der Waals surface area contributed by atoms with Crippen molar-refractivity contribution in [3.05, 3.63) is 0 Å². The average Bonchev–Trinajstić information content (AvgIpc) is 2.01. The number of alkyl halides is 1. The minimum Gasteiger partial charge on any atom is -0.375 e. The minimum absolute atomic E-state index is 0.0627. The van der Waals surface area contributed by atoms with Gasteiger partial charge in [0, 0.05) is 12.6 Å². The molecular weight excluding hydrogens is 246 g/mol. The molecule has 1 aliphatic rings. The maximum absolute atomic E-state index is 11.4. The third-order valence-electron chi connectivity index (χ3n) is 2.40. The molecule has 0 radical (unpaired) electrons. The zero-order valence-electron chi connectivity index (χ0n) is 8.97. The van der Waals surface area contributed by atoms with Crippen LogP contribution in [0.1, 0.15) is 33.6 Å². The molecule has 0 aromatic heterocycles. The smallest absolute Gasteiger partial charge is 0.233 e. The van der Waals surface area contributed by atoms with Crippen LogP contribution in [-0.4, -0.2) is 29.0 Å². The molecule has 1 heterocycles. The molecule has 0 aliphatic carbocycles. The second-order valence-electron chi connectivity index (χ2n) is 4.42. The second-order valence-corrected chi connectivity index (χ2v) is 5.80. The number of hydrogen-bond donors (Lipinski definition) is 1. The Morgan fingerprint density at radius 2 is 2.29 bits per heavy atom. The second kappa shape index (κ2) is 4.62. The van der Waals surface area contributed by atoms with Crippen molar-refractivity contribution >= 4 is 21.8 Å². The first-order chi connectivity index (χ1) is 6.41. The van der Waals surface area contributed by atoms with E-state index in [1.54, 1.807) is 0 Å². The molecule has 3 nitrogen and oxygen atoms in total. The minimum atomic E-state index is -0.117. The van der Waals surface area contributed by atoms with Crippen molar-refractivity contribution in [3.8, 4) is 0 Å². The van der Waals surface area contributed by atoms with Gasteiger partial charge >= 0.3 is 0 Å². The molecule has 1 rings (SSSR count). The topological polar surface area (TPSA) is 38.3 Å². The largest absolute Gasteiger partial charge is 0.375 e. The molecule has 4 heteroatoms. The maximum Gasteiger partial charge on any atom is 0.233 e. The van der Waals surface area contributed by atoms with E-state index in [-0.39, 0.29) is 22.4 Å². The molecule has 2 unspecified atom stereocenters. The standard InChI is InChI=1S/C10H18BrNO2/c1-7(11)9(13)12-8-4-5-14-10(2,3)6-8/h7-8H,4-6H2,1-3H3,(H,12,13). The van der Waals surface area contributed by atoms with Crippen LogP contribution in [0.2, 0.25) is 0 Å². The summed E-state index contributed by atoms with van der Waals surface area (Å²) in [4.78, 5) is 11.3. The lowest BCUT2D eigenvalue weighted by atomic mass is 9.94. The summed E-state index contributed by atoms with van der Waals surface area (Å²) in [5.41, 5.74) is -0.105. The monoisotopic (exact) mass is 263 g/mol. The number of rotatable bonds is 2. The molecule has 14 heavy (non-hydrogen) atoms. The molecule has 0 aromatic carbocycles. The van der Waals surface area contributed by atoms with Crippen LogP contribution < -0.4 is 5.32 Å². The molecule has 1 saturated heterocycles. The Kier molecular flexibility index (Phi) is 3.95. The van der Waals surface area contributed by atoms with Crippen molar-refractivity contribution in [1.82, 2.24) is 5.32 Å². The molecular formula is C10H18BrNO2. The molecule has 1 aliphatic heterocycles. The van der Waals surface area contributed by atoms with Gasteiger partial charge in [0.15, 0.2) is 0 Å². The van der Waals surface area contributed by atoms with Crippen LogP contribution in [0.3, 0.4) is 0 Å². The van der Waals surface area contributed by atoms with Gasteiger partial charge in [0.05, 0.1) is 10.4 Å². The molecule has 2 atom stereocenters. The van der Waals surface area contributed by atoms with E-state index in [4.69, 9.17) is 4.74 Å². The van der Waals surface area contributed by atoms with E-state index in [9.17, 15) is 4.79 Å². The number of carbonyl (C=O) groups excluding carboxylic acids is 1. The Morgan fingerprint density at radius 3 is 2.79 bits per heavy atom. The van der Waals surface area contributed by atoms with E-state index < -0.39 is 0 Å². The molecule has 1 N–H and O–H groups in total. The fourth-order valence-corrected chi connectivity index (χ4v) is 1.80. The van der Waals surface area contributed by atoms with Crippen LogP contribution in [0.25, 0.3) is 0 Å². The summed E-state index contributed by atoms with van der Waals surface area (Å²) in [5.74, 6) is 0.0627. The number of amides is 1. The van der Waals surface area contributed by atoms with E-state index in [0.717, 1.165) is 19.4 Å². The zero-order valence-corrected chi connectivity index (χ0v) is 10.6. The quantitative estimate of drug-likeness (QED) is 0.773. The predicted octanol–water partition coefficient (Wildman–Crippen LogP) is 1.84. The van der Waals surface area contributed by atoms with Gasteiger partial charge in [-0.3, -0.25) is 4.79 Å². The lowest BCUT2D eigenvalue weighted by Crippen LogP contribution is -2.47. The molecule has 0 bridgehead atoms. The highest BCUT2D eigenvalue weighted by Crippen LogP contribution is 2.23. The molecule has 0 saturated carbocycles. The zero-order chi connectivity index (χ0) is 10.8. The summed E-state index contributed by atoms with van der Waals surface area (Å²) in [6, 6.07) is 0.256. The third kappa shape index (κ3) is 3.58. The molecule has 0 spiro atoms. The molecule has 82 valence electrons. The lowest BCUT2D eigenvalue weighted by Gasteiger charge is -2.36. The lowest BCUT2D eigenvalue weighted by molar-refractivity contribution is -0.123. The van der Waals surface area contributed by atoms with Gasteiger partial charge in [0.2, 0.25) is 5.91 Å². The number of ether oxygens (including phenoxy) is 1. The highest BCUT2D eigenvalue weighted by atomic mass is 79.9. The summed E-state index contributed by atoms with van der Waals surface area (Å²) in [6.07, 6.45) is 1.80. The van der Waals surface area contributed by atoms with Crippen molar-refractivity contribution in [2.75, 3.05) is 6.61 Å². The van der Waals surface area contributed by atoms with Gasteiger partial charge in [-0.25, -0.2) is 0 Å². The number of nitrogens with one attached hydrogen (secondary N) is 1. The van der Waals surface area contributed by atoms with Gasteiger partial charge in [-0.15, -0.1) is 0 Å². The third-order valence-corrected chi connectivity index (χ3v) is 2.82. The van der Waals surface area contributed by atoms with E-state index in [1.807, 2.05) is 6.92 Å². The highest BCUT2D eigenvalue weighted by Gasteiger charge is 2.29. The van der Waals surface area contributed by atoms with Crippen molar-refractivity contribution in [3.63, 3.8) is 0 Å². The van der Waals surface area contributed by atoms with Crippen molar-refractivity contribution in [2.24, 2.45) is 0 Å². The summed E-state index contributed by atoms with van der Waals surface area (Å²) in [6.45, 7) is 6.68. The number of halogens is 1.